The molecule has 0 aliphatic carbocycles. The van der Waals surface area contributed by atoms with Crippen LogP contribution < -0.4 is 5.32 Å². The molecule has 1 aliphatic heterocycles. The molecule has 0 aromatic carbocycles. The highest BCUT2D eigenvalue weighted by Gasteiger charge is 2.35. The number of anilines is 1. The molecule has 1 saturated heterocycles. The molecule has 0 unspecified atom stereocenters. The molecule has 112 valence electrons. The van der Waals surface area contributed by atoms with Crippen LogP contribution in [0.15, 0.2) is 17.3 Å². The third kappa shape index (κ3) is 2.93. The Morgan fingerprint density at radius 3 is 2.30 bits per heavy atom. The van der Waals surface area contributed by atoms with Gasteiger partial charge in [0.05, 0.1) is 12.4 Å². The van der Waals surface area contributed by atoms with Crippen LogP contribution in [0.25, 0.3) is 0 Å². The number of sulfonamides is 1. The number of nitrogens with one attached hydrogen (secondary N) is 1. The van der Waals surface area contributed by atoms with Gasteiger partial charge in [-0.2, -0.15) is 4.31 Å². The largest absolute Gasteiger partial charge is 0.355 e. The first kappa shape index (κ1) is 15.2. The normalized spacial score (nSPS) is 24.6. The van der Waals surface area contributed by atoms with Crippen molar-refractivity contribution in [2.75, 3.05) is 11.9 Å². The number of hydrogen-bond donors (Lipinski definition) is 1. The lowest BCUT2D eigenvalue weighted by atomic mass is 10.0. The zero-order valence-corrected chi connectivity index (χ0v) is 13.0. The standard InChI is InChI=1S/C13H22N4O2S/c1-4-14-13-15-8-12(9-16-13)20(18,19)17-10(2)6-5-7-11(17)3/h8-11H,4-7H2,1-3H3,(H,14,15,16)/t10-,11+. The average molecular weight is 298 g/mol. The van der Waals surface area contributed by atoms with Gasteiger partial charge in [-0.15, -0.1) is 0 Å². The highest BCUT2D eigenvalue weighted by Crippen LogP contribution is 2.29. The van der Waals surface area contributed by atoms with Crippen LogP contribution >= 0.6 is 0 Å². The fourth-order valence-electron chi connectivity index (χ4n) is 2.69. The van der Waals surface area contributed by atoms with E-state index >= 15 is 0 Å². The molecule has 2 rings (SSSR count). The summed E-state index contributed by atoms with van der Waals surface area (Å²) in [5, 5.41) is 2.95. The lowest BCUT2D eigenvalue weighted by Crippen LogP contribution is -2.47. The van der Waals surface area contributed by atoms with E-state index in [1.54, 1.807) is 4.31 Å². The van der Waals surface area contributed by atoms with Crippen LogP contribution in [0.1, 0.15) is 40.0 Å². The Balaban J connectivity index is 2.29. The minimum atomic E-state index is -3.51. The van der Waals surface area contributed by atoms with E-state index in [1.807, 2.05) is 20.8 Å². The smallest absolute Gasteiger partial charge is 0.246 e. The summed E-state index contributed by atoms with van der Waals surface area (Å²) in [5.41, 5.74) is 0. The third-order valence-corrected chi connectivity index (χ3v) is 5.73. The summed E-state index contributed by atoms with van der Waals surface area (Å²) in [5.74, 6) is 0.450. The molecule has 0 amide bonds. The van der Waals surface area contributed by atoms with Crippen molar-refractivity contribution in [3.63, 3.8) is 0 Å². The van der Waals surface area contributed by atoms with E-state index in [0.29, 0.717) is 12.5 Å². The summed E-state index contributed by atoms with van der Waals surface area (Å²) < 4.78 is 27.0. The zero-order valence-electron chi connectivity index (χ0n) is 12.2. The van der Waals surface area contributed by atoms with Crippen LogP contribution in [0.5, 0.6) is 0 Å². The molecule has 0 radical (unpaired) electrons. The van der Waals surface area contributed by atoms with E-state index in [2.05, 4.69) is 15.3 Å². The molecule has 20 heavy (non-hydrogen) atoms. The van der Waals surface area contributed by atoms with E-state index in [1.165, 1.54) is 12.4 Å². The van der Waals surface area contributed by atoms with Crippen molar-refractivity contribution in [1.82, 2.24) is 14.3 Å². The first-order chi connectivity index (χ1) is 9.46. The molecule has 1 aromatic heterocycles. The maximum atomic E-state index is 12.7. The Morgan fingerprint density at radius 2 is 1.80 bits per heavy atom. The Labute approximate surface area is 120 Å². The lowest BCUT2D eigenvalue weighted by molar-refractivity contribution is 0.204. The van der Waals surface area contributed by atoms with Gasteiger partial charge in [-0.05, 0) is 33.6 Å². The topological polar surface area (TPSA) is 75.2 Å². The number of aromatic nitrogens is 2. The van der Waals surface area contributed by atoms with E-state index in [9.17, 15) is 8.42 Å². The minimum absolute atomic E-state index is 0.0252. The molecule has 1 fully saturated rings. The quantitative estimate of drug-likeness (QED) is 0.918. The summed E-state index contributed by atoms with van der Waals surface area (Å²) >= 11 is 0. The van der Waals surface area contributed by atoms with Crippen LogP contribution in [-0.4, -0.2) is 41.3 Å². The van der Waals surface area contributed by atoms with Gasteiger partial charge in [-0.25, -0.2) is 18.4 Å². The fourth-order valence-corrected chi connectivity index (χ4v) is 4.47. The second-order valence-corrected chi connectivity index (χ2v) is 7.08. The molecule has 1 aliphatic rings. The lowest BCUT2D eigenvalue weighted by Gasteiger charge is -2.37. The van der Waals surface area contributed by atoms with Crippen molar-refractivity contribution in [2.45, 2.75) is 57.0 Å². The molecule has 2 heterocycles. The molecule has 1 aromatic rings. The maximum absolute atomic E-state index is 12.7. The van der Waals surface area contributed by atoms with Gasteiger partial charge in [-0.1, -0.05) is 6.42 Å². The summed E-state index contributed by atoms with van der Waals surface area (Å²) in [6.45, 7) is 6.56. The minimum Gasteiger partial charge on any atom is -0.355 e. The van der Waals surface area contributed by atoms with Gasteiger partial charge in [0, 0.05) is 18.6 Å². The van der Waals surface area contributed by atoms with E-state index < -0.39 is 10.0 Å². The Bertz CT molecular complexity index is 534. The summed E-state index contributed by atoms with van der Waals surface area (Å²) in [6.07, 6.45) is 5.65. The zero-order chi connectivity index (χ0) is 14.8. The van der Waals surface area contributed by atoms with Gasteiger partial charge in [0.15, 0.2) is 0 Å². The van der Waals surface area contributed by atoms with Crippen molar-refractivity contribution >= 4 is 16.0 Å². The number of hydrogen-bond acceptors (Lipinski definition) is 5. The van der Waals surface area contributed by atoms with E-state index in [0.717, 1.165) is 19.3 Å². The van der Waals surface area contributed by atoms with Gasteiger partial charge in [-0.3, -0.25) is 0 Å². The predicted octanol–water partition coefficient (Wildman–Crippen LogP) is 1.86. The molecule has 2 atom stereocenters. The molecule has 0 spiro atoms. The summed E-state index contributed by atoms with van der Waals surface area (Å²) in [6, 6.07) is 0.0504. The first-order valence-electron chi connectivity index (χ1n) is 7.06. The Kier molecular flexibility index (Phi) is 4.59. The molecule has 0 saturated carbocycles. The third-order valence-electron chi connectivity index (χ3n) is 3.65. The number of nitrogens with zero attached hydrogens (tertiary/aromatic N) is 3. The Hall–Kier alpha value is -1.21. The summed E-state index contributed by atoms with van der Waals surface area (Å²) in [4.78, 5) is 8.27. The highest BCUT2D eigenvalue weighted by molar-refractivity contribution is 7.89. The Morgan fingerprint density at radius 1 is 1.25 bits per heavy atom. The van der Waals surface area contributed by atoms with Crippen molar-refractivity contribution in [1.29, 1.82) is 0 Å². The average Bonchev–Trinajstić information content (AvgIpc) is 2.39. The van der Waals surface area contributed by atoms with Gasteiger partial charge in [0.1, 0.15) is 4.90 Å². The fraction of sp³-hybridized carbons (Fsp3) is 0.692. The van der Waals surface area contributed by atoms with Gasteiger partial charge < -0.3 is 5.32 Å². The second-order valence-electron chi connectivity index (χ2n) is 5.24. The van der Waals surface area contributed by atoms with E-state index in [4.69, 9.17) is 0 Å². The van der Waals surface area contributed by atoms with Crippen molar-refractivity contribution in [3.8, 4) is 0 Å². The number of rotatable bonds is 4. The van der Waals surface area contributed by atoms with Crippen molar-refractivity contribution < 1.29 is 8.42 Å². The van der Waals surface area contributed by atoms with Gasteiger partial charge >= 0.3 is 0 Å². The van der Waals surface area contributed by atoms with Crippen LogP contribution in [-0.2, 0) is 10.0 Å². The molecule has 0 bridgehead atoms. The van der Waals surface area contributed by atoms with Gasteiger partial charge in [0.25, 0.3) is 0 Å². The van der Waals surface area contributed by atoms with Crippen molar-refractivity contribution in [3.05, 3.63) is 12.4 Å². The van der Waals surface area contributed by atoms with Crippen molar-refractivity contribution in [2.24, 2.45) is 0 Å². The second kappa shape index (κ2) is 6.05. The van der Waals surface area contributed by atoms with Crippen LogP contribution in [0.3, 0.4) is 0 Å². The highest BCUT2D eigenvalue weighted by atomic mass is 32.2. The summed E-state index contributed by atoms with van der Waals surface area (Å²) in [7, 11) is -3.51. The van der Waals surface area contributed by atoms with Crippen LogP contribution in [0, 0.1) is 0 Å². The molecule has 6 nitrogen and oxygen atoms in total. The van der Waals surface area contributed by atoms with Crippen LogP contribution in [0.4, 0.5) is 5.95 Å². The molecule has 1 N–H and O–H groups in total. The SMILES string of the molecule is CCNc1ncc(S(=O)(=O)N2[C@H](C)CCC[C@@H]2C)cn1. The maximum Gasteiger partial charge on any atom is 0.246 e. The molecular weight excluding hydrogens is 276 g/mol. The monoisotopic (exact) mass is 298 g/mol. The number of piperidine rings is 1. The van der Waals surface area contributed by atoms with E-state index in [-0.39, 0.29) is 17.0 Å². The van der Waals surface area contributed by atoms with Crippen LogP contribution in [0.2, 0.25) is 0 Å². The predicted molar refractivity (Wildman–Crippen MR) is 78.0 cm³/mol. The first-order valence-corrected chi connectivity index (χ1v) is 8.50. The molecular formula is C13H22N4O2S. The van der Waals surface area contributed by atoms with Gasteiger partial charge in [0.2, 0.25) is 16.0 Å². The molecule has 7 heteroatoms.